The van der Waals surface area contributed by atoms with Crippen LogP contribution in [-0.2, 0) is 12.8 Å². The second-order valence-electron chi connectivity index (χ2n) is 4.99. The minimum atomic E-state index is -0.868. The van der Waals surface area contributed by atoms with Crippen LogP contribution in [0, 0.1) is 24.4 Å². The van der Waals surface area contributed by atoms with Crippen molar-refractivity contribution in [3.63, 3.8) is 0 Å². The van der Waals surface area contributed by atoms with Gasteiger partial charge in [-0.1, -0.05) is 12.1 Å². The summed E-state index contributed by atoms with van der Waals surface area (Å²) < 4.78 is 38.9. The van der Waals surface area contributed by atoms with Crippen LogP contribution in [0.5, 0.6) is 0 Å². The Morgan fingerprint density at radius 1 is 0.950 bits per heavy atom. The lowest BCUT2D eigenvalue weighted by Gasteiger charge is -2.14. The average molecular weight is 279 g/mol. The molecule has 0 aliphatic rings. The topological polar surface area (TPSA) is 26.0 Å². The summed E-state index contributed by atoms with van der Waals surface area (Å²) in [5, 5.41) is 0. The molecule has 0 amide bonds. The normalized spacial score (nSPS) is 12.4. The van der Waals surface area contributed by atoms with E-state index >= 15 is 0 Å². The molecule has 1 atom stereocenters. The highest BCUT2D eigenvalue weighted by atomic mass is 19.2. The fourth-order valence-electron chi connectivity index (χ4n) is 2.21. The molecular formula is C16H16F3N. The zero-order chi connectivity index (χ0) is 14.7. The summed E-state index contributed by atoms with van der Waals surface area (Å²) in [6, 6.07) is 8.11. The molecule has 106 valence electrons. The quantitative estimate of drug-likeness (QED) is 0.910. The fraction of sp³-hybridized carbons (Fsp3) is 0.250. The maximum atomic E-state index is 13.1. The fourth-order valence-corrected chi connectivity index (χ4v) is 2.21. The summed E-state index contributed by atoms with van der Waals surface area (Å²) in [5.74, 6) is -2.01. The van der Waals surface area contributed by atoms with Gasteiger partial charge in [0.1, 0.15) is 5.82 Å². The summed E-state index contributed by atoms with van der Waals surface area (Å²) in [5.41, 5.74) is 8.47. The van der Waals surface area contributed by atoms with Crippen LogP contribution in [0.15, 0.2) is 36.4 Å². The Labute approximate surface area is 116 Å². The van der Waals surface area contributed by atoms with Gasteiger partial charge in [-0.2, -0.15) is 0 Å². The van der Waals surface area contributed by atoms with Crippen LogP contribution in [0.2, 0.25) is 0 Å². The Balaban J connectivity index is 2.04. The second kappa shape index (κ2) is 6.09. The van der Waals surface area contributed by atoms with E-state index in [9.17, 15) is 13.2 Å². The predicted octanol–water partition coefficient (Wildman–Crippen LogP) is 3.52. The van der Waals surface area contributed by atoms with Gasteiger partial charge in [0.25, 0.3) is 0 Å². The highest BCUT2D eigenvalue weighted by molar-refractivity contribution is 5.28. The van der Waals surface area contributed by atoms with Gasteiger partial charge in [0.2, 0.25) is 0 Å². The van der Waals surface area contributed by atoms with Crippen LogP contribution >= 0.6 is 0 Å². The zero-order valence-electron chi connectivity index (χ0n) is 11.2. The van der Waals surface area contributed by atoms with Gasteiger partial charge in [0.05, 0.1) is 0 Å². The average Bonchev–Trinajstić information content (AvgIpc) is 2.37. The molecule has 0 spiro atoms. The first kappa shape index (κ1) is 14.6. The lowest BCUT2D eigenvalue weighted by molar-refractivity contribution is 0.506. The number of hydrogen-bond donors (Lipinski definition) is 1. The van der Waals surface area contributed by atoms with E-state index in [-0.39, 0.29) is 11.9 Å². The summed E-state index contributed by atoms with van der Waals surface area (Å²) in [4.78, 5) is 0. The Morgan fingerprint density at radius 2 is 1.70 bits per heavy atom. The molecule has 4 heteroatoms. The third-order valence-corrected chi connectivity index (χ3v) is 3.27. The number of nitrogens with two attached hydrogens (primary N) is 1. The second-order valence-corrected chi connectivity index (χ2v) is 4.99. The summed E-state index contributed by atoms with van der Waals surface area (Å²) >= 11 is 0. The lowest BCUT2D eigenvalue weighted by atomic mass is 9.97. The molecule has 0 radical (unpaired) electrons. The minimum Gasteiger partial charge on any atom is -0.327 e. The van der Waals surface area contributed by atoms with Crippen molar-refractivity contribution in [2.24, 2.45) is 5.73 Å². The van der Waals surface area contributed by atoms with Crippen LogP contribution in [0.3, 0.4) is 0 Å². The highest BCUT2D eigenvalue weighted by Crippen LogP contribution is 2.15. The Bertz CT molecular complexity index is 611. The molecule has 2 N–H and O–H groups in total. The number of rotatable bonds is 4. The van der Waals surface area contributed by atoms with Gasteiger partial charge in [-0.15, -0.1) is 0 Å². The van der Waals surface area contributed by atoms with E-state index in [0.29, 0.717) is 18.4 Å². The molecule has 0 heterocycles. The molecule has 1 unspecified atom stereocenters. The van der Waals surface area contributed by atoms with Crippen molar-refractivity contribution in [2.45, 2.75) is 25.8 Å². The Kier molecular flexibility index (Phi) is 4.45. The lowest BCUT2D eigenvalue weighted by Crippen LogP contribution is -2.26. The monoisotopic (exact) mass is 279 g/mol. The van der Waals surface area contributed by atoms with E-state index in [4.69, 9.17) is 5.73 Å². The van der Waals surface area contributed by atoms with E-state index < -0.39 is 11.6 Å². The van der Waals surface area contributed by atoms with Gasteiger partial charge in [0.15, 0.2) is 11.6 Å². The maximum Gasteiger partial charge on any atom is 0.159 e. The Morgan fingerprint density at radius 3 is 2.35 bits per heavy atom. The molecule has 2 aromatic rings. The third kappa shape index (κ3) is 3.61. The molecule has 0 aliphatic carbocycles. The molecule has 0 aromatic heterocycles. The maximum absolute atomic E-state index is 13.1. The molecule has 0 saturated heterocycles. The third-order valence-electron chi connectivity index (χ3n) is 3.27. The van der Waals surface area contributed by atoms with Gasteiger partial charge in [-0.05, 0) is 60.7 Å². The van der Waals surface area contributed by atoms with Gasteiger partial charge in [-0.3, -0.25) is 0 Å². The van der Waals surface area contributed by atoms with Crippen molar-refractivity contribution >= 4 is 0 Å². The first-order chi connectivity index (χ1) is 9.45. The van der Waals surface area contributed by atoms with Crippen LogP contribution in [0.4, 0.5) is 13.2 Å². The largest absolute Gasteiger partial charge is 0.327 e. The first-order valence-electron chi connectivity index (χ1n) is 6.40. The predicted molar refractivity (Wildman–Crippen MR) is 72.9 cm³/mol. The van der Waals surface area contributed by atoms with Crippen molar-refractivity contribution in [3.8, 4) is 0 Å². The van der Waals surface area contributed by atoms with E-state index in [1.165, 1.54) is 18.2 Å². The van der Waals surface area contributed by atoms with E-state index in [1.54, 1.807) is 6.07 Å². The van der Waals surface area contributed by atoms with Crippen LogP contribution in [0.25, 0.3) is 0 Å². The highest BCUT2D eigenvalue weighted by Gasteiger charge is 2.10. The molecule has 2 rings (SSSR count). The molecule has 0 aliphatic heterocycles. The molecular weight excluding hydrogens is 263 g/mol. The molecule has 0 bridgehead atoms. The van der Waals surface area contributed by atoms with Gasteiger partial charge in [0, 0.05) is 6.04 Å². The van der Waals surface area contributed by atoms with Crippen molar-refractivity contribution < 1.29 is 13.2 Å². The standard InChI is InChI=1S/C16H16F3N/c1-10-6-13(17)4-3-12(10)9-14(20)7-11-2-5-15(18)16(19)8-11/h2-6,8,14H,7,9,20H2,1H3. The van der Waals surface area contributed by atoms with Gasteiger partial charge >= 0.3 is 0 Å². The van der Waals surface area contributed by atoms with E-state index in [0.717, 1.165) is 23.3 Å². The summed E-state index contributed by atoms with van der Waals surface area (Å²) in [6.45, 7) is 1.82. The van der Waals surface area contributed by atoms with E-state index in [1.807, 2.05) is 6.92 Å². The first-order valence-corrected chi connectivity index (χ1v) is 6.40. The summed E-state index contributed by atoms with van der Waals surface area (Å²) in [7, 11) is 0. The van der Waals surface area contributed by atoms with Crippen LogP contribution in [-0.4, -0.2) is 6.04 Å². The van der Waals surface area contributed by atoms with Crippen molar-refractivity contribution in [1.29, 1.82) is 0 Å². The number of aryl methyl sites for hydroxylation is 1. The molecule has 2 aromatic carbocycles. The number of benzene rings is 2. The number of hydrogen-bond acceptors (Lipinski definition) is 1. The SMILES string of the molecule is Cc1cc(F)ccc1CC(N)Cc1ccc(F)c(F)c1. The number of halogens is 3. The van der Waals surface area contributed by atoms with Crippen LogP contribution in [0.1, 0.15) is 16.7 Å². The van der Waals surface area contributed by atoms with Crippen molar-refractivity contribution in [1.82, 2.24) is 0 Å². The molecule has 0 fully saturated rings. The molecule has 1 nitrogen and oxygen atoms in total. The summed E-state index contributed by atoms with van der Waals surface area (Å²) in [6.07, 6.45) is 0.999. The smallest absolute Gasteiger partial charge is 0.159 e. The van der Waals surface area contributed by atoms with Crippen molar-refractivity contribution in [3.05, 3.63) is 70.5 Å². The molecule has 20 heavy (non-hydrogen) atoms. The minimum absolute atomic E-state index is 0.232. The molecule has 0 saturated carbocycles. The van der Waals surface area contributed by atoms with E-state index in [2.05, 4.69) is 0 Å². The van der Waals surface area contributed by atoms with Crippen molar-refractivity contribution in [2.75, 3.05) is 0 Å². The van der Waals surface area contributed by atoms with Gasteiger partial charge in [-0.25, -0.2) is 13.2 Å². The Hall–Kier alpha value is -1.81. The zero-order valence-corrected chi connectivity index (χ0v) is 11.2. The van der Waals surface area contributed by atoms with Gasteiger partial charge < -0.3 is 5.73 Å². The van der Waals surface area contributed by atoms with Crippen LogP contribution < -0.4 is 5.73 Å².